The normalized spacial score (nSPS) is 11.8. The summed E-state index contributed by atoms with van der Waals surface area (Å²) in [5.74, 6) is -0.233. The topological polar surface area (TPSA) is 89.9 Å². The number of aromatic nitrogens is 4. The number of aromatic amines is 1. The number of H-pyrrole nitrogens is 1. The second kappa shape index (κ2) is 8.87. The van der Waals surface area contributed by atoms with Crippen LogP contribution in [0.3, 0.4) is 0 Å². The minimum Gasteiger partial charge on any atom is -0.462 e. The number of nitrogens with zero attached hydrogens (tertiary/aromatic N) is 3. The summed E-state index contributed by atoms with van der Waals surface area (Å²) in [6.07, 6.45) is 5.24. The Balaban J connectivity index is 1.63. The van der Waals surface area contributed by atoms with Crippen molar-refractivity contribution in [2.45, 2.75) is 20.4 Å². The Bertz CT molecular complexity index is 1340. The van der Waals surface area contributed by atoms with Crippen LogP contribution in [0.2, 0.25) is 0 Å². The van der Waals surface area contributed by atoms with Gasteiger partial charge >= 0.3 is 5.97 Å². The largest absolute Gasteiger partial charge is 0.462 e. The van der Waals surface area contributed by atoms with E-state index >= 15 is 0 Å². The number of carbonyl (C=O) groups is 1. The summed E-state index contributed by atoms with van der Waals surface area (Å²) in [5.41, 5.74) is 2.11. The van der Waals surface area contributed by atoms with Crippen molar-refractivity contribution in [3.8, 4) is 0 Å². The molecule has 0 amide bonds. The van der Waals surface area contributed by atoms with E-state index < -0.39 is 5.97 Å². The van der Waals surface area contributed by atoms with Gasteiger partial charge in [0.15, 0.2) is 5.82 Å². The highest BCUT2D eigenvalue weighted by atomic mass is 35.5. The van der Waals surface area contributed by atoms with E-state index in [0.29, 0.717) is 27.2 Å². The molecule has 7 nitrogen and oxygen atoms in total. The van der Waals surface area contributed by atoms with Gasteiger partial charge in [-0.1, -0.05) is 41.9 Å². The van der Waals surface area contributed by atoms with Crippen LogP contribution in [0.25, 0.3) is 21.3 Å². The average Bonchev–Trinajstić information content (AvgIpc) is 3.33. The summed E-state index contributed by atoms with van der Waals surface area (Å²) in [7, 11) is 0. The summed E-state index contributed by atoms with van der Waals surface area (Å²) < 4.78 is 6.87. The fourth-order valence-electron chi connectivity index (χ4n) is 3.17. The third kappa shape index (κ3) is 4.45. The lowest BCUT2D eigenvalue weighted by atomic mass is 10.2. The molecule has 0 radical (unpaired) electrons. The maximum Gasteiger partial charge on any atom is 0.348 e. The van der Waals surface area contributed by atoms with Crippen molar-refractivity contribution in [2.24, 2.45) is 0 Å². The van der Waals surface area contributed by atoms with Crippen LogP contribution >= 0.6 is 22.9 Å². The maximum atomic E-state index is 12.6. The zero-order valence-electron chi connectivity index (χ0n) is 16.9. The Morgan fingerprint density at radius 2 is 2.10 bits per heavy atom. The molecule has 0 aliphatic rings. The molecule has 4 aromatic rings. The molecule has 158 valence electrons. The lowest BCUT2D eigenvalue weighted by Crippen LogP contribution is -2.10. The second-order valence-corrected chi connectivity index (χ2v) is 8.23. The minimum atomic E-state index is -0.462. The lowest BCUT2D eigenvalue weighted by Gasteiger charge is -2.01. The molecule has 0 aliphatic carbocycles. The SMILES string of the molecule is CCOC(=O)c1sc2nc(/C(Cl)=C/c3cnn(Cc4ccccc4)c3)[nH]c(=O)c2c1C. The fraction of sp³-hybridized carbons (Fsp3) is 0.182. The third-order valence-electron chi connectivity index (χ3n) is 4.62. The molecule has 1 N–H and O–H groups in total. The number of halogens is 1. The average molecular weight is 455 g/mol. The number of ether oxygens (including phenoxy) is 1. The summed E-state index contributed by atoms with van der Waals surface area (Å²) >= 11 is 7.57. The molecule has 1 aromatic carbocycles. The standard InChI is InChI=1S/C22H19ClN4O3S/c1-3-30-22(29)18-13(2)17-20(28)25-19(26-21(17)31-18)16(23)9-15-10-24-27(12-15)11-14-7-5-4-6-8-14/h4-10,12H,3,11H2,1-2H3,(H,25,26,28)/b16-9-. The first-order valence-electron chi connectivity index (χ1n) is 9.60. The summed E-state index contributed by atoms with van der Waals surface area (Å²) in [6.45, 7) is 4.34. The first kappa shape index (κ1) is 21.0. The van der Waals surface area contributed by atoms with Crippen LogP contribution < -0.4 is 5.56 Å². The van der Waals surface area contributed by atoms with Crippen molar-refractivity contribution in [3.05, 3.63) is 80.5 Å². The van der Waals surface area contributed by atoms with Gasteiger partial charge in [0.1, 0.15) is 9.71 Å². The number of hydrogen-bond acceptors (Lipinski definition) is 6. The van der Waals surface area contributed by atoms with E-state index in [0.717, 1.165) is 22.5 Å². The van der Waals surface area contributed by atoms with Crippen molar-refractivity contribution in [1.82, 2.24) is 19.7 Å². The van der Waals surface area contributed by atoms with Crippen LogP contribution in [0, 0.1) is 6.92 Å². The van der Waals surface area contributed by atoms with E-state index in [1.165, 1.54) is 0 Å². The number of rotatable bonds is 6. The number of thiophene rings is 1. The predicted octanol–water partition coefficient (Wildman–Crippen LogP) is 4.45. The van der Waals surface area contributed by atoms with E-state index in [-0.39, 0.29) is 23.0 Å². The van der Waals surface area contributed by atoms with Gasteiger partial charge in [0.2, 0.25) is 0 Å². The van der Waals surface area contributed by atoms with Crippen LogP contribution in [0.4, 0.5) is 0 Å². The van der Waals surface area contributed by atoms with Crippen molar-refractivity contribution in [2.75, 3.05) is 6.61 Å². The number of esters is 1. The molecule has 0 spiro atoms. The third-order valence-corrected chi connectivity index (χ3v) is 6.08. The quantitative estimate of drug-likeness (QED) is 0.434. The summed E-state index contributed by atoms with van der Waals surface area (Å²) in [4.78, 5) is 32.7. The summed E-state index contributed by atoms with van der Waals surface area (Å²) in [6, 6.07) is 9.99. The van der Waals surface area contributed by atoms with Crippen LogP contribution in [-0.2, 0) is 11.3 Å². The maximum absolute atomic E-state index is 12.6. The molecule has 0 aliphatic heterocycles. The minimum absolute atomic E-state index is 0.228. The van der Waals surface area contributed by atoms with Crippen LogP contribution in [0.15, 0.2) is 47.5 Å². The van der Waals surface area contributed by atoms with Crippen LogP contribution in [0.1, 0.15) is 39.1 Å². The van der Waals surface area contributed by atoms with Gasteiger partial charge in [0, 0.05) is 11.8 Å². The Morgan fingerprint density at radius 3 is 2.84 bits per heavy atom. The number of hydrogen-bond donors (Lipinski definition) is 1. The highest BCUT2D eigenvalue weighted by Gasteiger charge is 2.20. The molecular formula is C22H19ClN4O3S. The van der Waals surface area contributed by atoms with Gasteiger partial charge in [-0.15, -0.1) is 11.3 Å². The van der Waals surface area contributed by atoms with Crippen molar-refractivity contribution < 1.29 is 9.53 Å². The molecule has 9 heteroatoms. The van der Waals surface area contributed by atoms with Gasteiger partial charge in [0.25, 0.3) is 5.56 Å². The van der Waals surface area contributed by atoms with E-state index in [9.17, 15) is 9.59 Å². The first-order chi connectivity index (χ1) is 15.0. The van der Waals surface area contributed by atoms with E-state index in [1.807, 2.05) is 36.5 Å². The zero-order chi connectivity index (χ0) is 22.0. The number of fused-ring (bicyclic) bond motifs is 1. The Kier molecular flexibility index (Phi) is 6.01. The van der Waals surface area contributed by atoms with E-state index in [4.69, 9.17) is 16.3 Å². The fourth-order valence-corrected chi connectivity index (χ4v) is 4.47. The molecule has 0 saturated heterocycles. The van der Waals surface area contributed by atoms with Gasteiger partial charge in [0.05, 0.1) is 29.8 Å². The monoisotopic (exact) mass is 454 g/mol. The molecule has 0 atom stereocenters. The van der Waals surface area contributed by atoms with Gasteiger partial charge in [-0.3, -0.25) is 9.48 Å². The number of carbonyl (C=O) groups excluding carboxylic acids is 1. The highest BCUT2D eigenvalue weighted by molar-refractivity contribution is 7.20. The number of nitrogens with one attached hydrogen (secondary N) is 1. The smallest absolute Gasteiger partial charge is 0.348 e. The van der Waals surface area contributed by atoms with Gasteiger partial charge in [-0.2, -0.15) is 5.10 Å². The zero-order valence-corrected chi connectivity index (χ0v) is 18.5. The predicted molar refractivity (Wildman–Crippen MR) is 122 cm³/mol. The second-order valence-electron chi connectivity index (χ2n) is 6.82. The molecule has 4 rings (SSSR count). The van der Waals surface area contributed by atoms with Crippen molar-refractivity contribution in [1.29, 1.82) is 0 Å². The molecule has 31 heavy (non-hydrogen) atoms. The molecule has 0 fully saturated rings. The lowest BCUT2D eigenvalue weighted by molar-refractivity contribution is 0.0531. The molecule has 0 bridgehead atoms. The van der Waals surface area contributed by atoms with Gasteiger partial charge in [-0.25, -0.2) is 9.78 Å². The Morgan fingerprint density at radius 1 is 1.32 bits per heavy atom. The van der Waals surface area contributed by atoms with Crippen LogP contribution in [-0.4, -0.2) is 32.3 Å². The number of benzene rings is 1. The molecular weight excluding hydrogens is 436 g/mol. The molecule has 3 aromatic heterocycles. The van der Waals surface area contributed by atoms with Gasteiger partial charge in [-0.05, 0) is 31.1 Å². The molecule has 0 saturated carbocycles. The van der Waals surface area contributed by atoms with E-state index in [2.05, 4.69) is 15.1 Å². The Labute approximate surface area is 187 Å². The van der Waals surface area contributed by atoms with E-state index in [1.54, 1.807) is 30.8 Å². The highest BCUT2D eigenvalue weighted by Crippen LogP contribution is 2.29. The Hall–Kier alpha value is -3.23. The number of aryl methyl sites for hydroxylation is 1. The molecule has 0 unspecified atom stereocenters. The van der Waals surface area contributed by atoms with Crippen molar-refractivity contribution in [3.63, 3.8) is 0 Å². The summed E-state index contributed by atoms with van der Waals surface area (Å²) in [5, 5.41) is 4.99. The molecule has 3 heterocycles. The van der Waals surface area contributed by atoms with Crippen molar-refractivity contribution >= 4 is 50.2 Å². The van der Waals surface area contributed by atoms with Gasteiger partial charge < -0.3 is 9.72 Å². The first-order valence-corrected chi connectivity index (χ1v) is 10.8. The van der Waals surface area contributed by atoms with Crippen LogP contribution in [0.5, 0.6) is 0 Å².